The van der Waals surface area contributed by atoms with Gasteiger partial charge in [-0.25, -0.2) is 23.6 Å². The maximum Gasteiger partial charge on any atom is 0.421 e. The molecular weight excluding hydrogens is 353 g/mol. The van der Waals surface area contributed by atoms with Crippen molar-refractivity contribution >= 4 is 24.1 Å². The molecule has 1 rings (SSSR count). The van der Waals surface area contributed by atoms with E-state index in [-0.39, 0.29) is 4.90 Å². The first-order chi connectivity index (χ1) is 11.5. The van der Waals surface area contributed by atoms with E-state index in [9.17, 15) is 23.6 Å². The van der Waals surface area contributed by atoms with Gasteiger partial charge < -0.3 is 19.3 Å². The van der Waals surface area contributed by atoms with Crippen LogP contribution in [0.1, 0.15) is 48.0 Å². The Labute approximate surface area is 150 Å². The molecule has 1 fully saturated rings. The summed E-state index contributed by atoms with van der Waals surface area (Å²) >= 11 is 0. The lowest BCUT2D eigenvalue weighted by Crippen LogP contribution is -2.58. The van der Waals surface area contributed by atoms with Gasteiger partial charge in [-0.15, -0.1) is 0 Å². The molecule has 10 heteroatoms. The highest BCUT2D eigenvalue weighted by Gasteiger charge is 2.85. The lowest BCUT2D eigenvalue weighted by atomic mass is 10.1. The standard InChI is InChI=1S/C16H24FNO8/c1-13(2,3)25-11(22)18(12(23)26-14(4,5)6)16(10(21)24-7)8-15(16,17)9(19)20/h8H2,1-7H3,(H,19,20)/t15-,16-/m0/s1. The second-order valence-corrected chi connectivity index (χ2v) is 7.93. The van der Waals surface area contributed by atoms with Gasteiger partial charge >= 0.3 is 24.1 Å². The number of nitrogens with zero attached hydrogens (tertiary/aromatic N) is 1. The van der Waals surface area contributed by atoms with Gasteiger partial charge in [-0.05, 0) is 41.5 Å². The Hall–Kier alpha value is -2.39. The van der Waals surface area contributed by atoms with E-state index in [0.29, 0.717) is 0 Å². The molecule has 0 aromatic heterocycles. The second-order valence-electron chi connectivity index (χ2n) is 7.93. The van der Waals surface area contributed by atoms with Crippen molar-refractivity contribution in [3.8, 4) is 0 Å². The number of carboxylic acids is 1. The minimum absolute atomic E-state index is 0.0590. The predicted molar refractivity (Wildman–Crippen MR) is 85.1 cm³/mol. The fraction of sp³-hybridized carbons (Fsp3) is 0.750. The molecule has 0 heterocycles. The van der Waals surface area contributed by atoms with E-state index in [2.05, 4.69) is 4.74 Å². The highest BCUT2D eigenvalue weighted by Crippen LogP contribution is 2.57. The summed E-state index contributed by atoms with van der Waals surface area (Å²) in [6.07, 6.45) is -3.81. The van der Waals surface area contributed by atoms with Gasteiger partial charge in [0.25, 0.3) is 0 Å². The molecule has 9 nitrogen and oxygen atoms in total. The van der Waals surface area contributed by atoms with E-state index in [1.165, 1.54) is 41.5 Å². The van der Waals surface area contributed by atoms with E-state index in [1.807, 2.05) is 0 Å². The number of ether oxygens (including phenoxy) is 3. The first kappa shape index (κ1) is 21.7. The Morgan fingerprint density at radius 3 is 1.58 bits per heavy atom. The van der Waals surface area contributed by atoms with E-state index in [0.717, 1.165) is 7.11 Å². The summed E-state index contributed by atoms with van der Waals surface area (Å²) in [7, 11) is 0.882. The van der Waals surface area contributed by atoms with Gasteiger partial charge in [-0.3, -0.25) is 0 Å². The molecule has 0 unspecified atom stereocenters. The average molecular weight is 377 g/mol. The van der Waals surface area contributed by atoms with Gasteiger partial charge in [0.15, 0.2) is 0 Å². The summed E-state index contributed by atoms with van der Waals surface area (Å²) in [5, 5.41) is 9.16. The van der Waals surface area contributed by atoms with Crippen LogP contribution in [-0.4, -0.2) is 63.7 Å². The van der Waals surface area contributed by atoms with Gasteiger partial charge in [-0.1, -0.05) is 0 Å². The van der Waals surface area contributed by atoms with Crippen molar-refractivity contribution in [3.05, 3.63) is 0 Å². The highest BCUT2D eigenvalue weighted by molar-refractivity contribution is 6.06. The molecule has 0 aliphatic heterocycles. The van der Waals surface area contributed by atoms with Gasteiger partial charge in [-0.2, -0.15) is 4.90 Å². The Kier molecular flexibility index (Phi) is 5.33. The zero-order chi connectivity index (χ0) is 20.7. The number of alkyl halides is 1. The summed E-state index contributed by atoms with van der Waals surface area (Å²) in [6.45, 7) is 8.89. The molecule has 1 aliphatic carbocycles. The summed E-state index contributed by atoms with van der Waals surface area (Å²) in [6, 6.07) is 0. The van der Waals surface area contributed by atoms with Crippen molar-refractivity contribution in [1.29, 1.82) is 0 Å². The van der Waals surface area contributed by atoms with E-state index in [1.54, 1.807) is 0 Å². The SMILES string of the molecule is COC(=O)[C@@]1(N(C(=O)OC(C)(C)C)C(=O)OC(C)(C)C)C[C@]1(F)C(=O)O. The third kappa shape index (κ3) is 3.88. The predicted octanol–water partition coefficient (Wildman–Crippen LogP) is 2.27. The van der Waals surface area contributed by atoms with Crippen molar-refractivity contribution in [3.63, 3.8) is 0 Å². The van der Waals surface area contributed by atoms with Gasteiger partial charge in [0.05, 0.1) is 7.11 Å². The molecular formula is C16H24FNO8. The molecule has 0 radical (unpaired) electrons. The van der Waals surface area contributed by atoms with Crippen LogP contribution >= 0.6 is 0 Å². The molecule has 2 atom stereocenters. The monoisotopic (exact) mass is 377 g/mol. The lowest BCUT2D eigenvalue weighted by Gasteiger charge is -2.32. The number of methoxy groups -OCH3 is 1. The Balaban J connectivity index is 3.47. The van der Waals surface area contributed by atoms with Gasteiger partial charge in [0, 0.05) is 6.42 Å². The van der Waals surface area contributed by atoms with Crippen LogP contribution in [0.3, 0.4) is 0 Å². The number of aliphatic carboxylic acids is 1. The fourth-order valence-electron chi connectivity index (χ4n) is 2.31. The zero-order valence-electron chi connectivity index (χ0n) is 15.8. The number of amides is 2. The van der Waals surface area contributed by atoms with E-state index < -0.39 is 53.0 Å². The smallest absolute Gasteiger partial charge is 0.421 e. The van der Waals surface area contributed by atoms with Crippen molar-refractivity contribution in [2.24, 2.45) is 0 Å². The summed E-state index contributed by atoms with van der Waals surface area (Å²) in [5.74, 6) is -3.42. The van der Waals surface area contributed by atoms with Gasteiger partial charge in [0.1, 0.15) is 11.2 Å². The molecule has 148 valence electrons. The summed E-state index contributed by atoms with van der Waals surface area (Å²) in [5.41, 5.74) is -8.14. The molecule has 1 N–H and O–H groups in total. The van der Waals surface area contributed by atoms with Crippen LogP contribution in [0.2, 0.25) is 0 Å². The normalized spacial score (nSPS) is 25.1. The molecule has 0 spiro atoms. The lowest BCUT2D eigenvalue weighted by molar-refractivity contribution is -0.157. The molecule has 1 saturated carbocycles. The number of hydrogen-bond donors (Lipinski definition) is 1. The Bertz CT molecular complexity index is 607. The quantitative estimate of drug-likeness (QED) is 0.587. The minimum Gasteiger partial charge on any atom is -0.479 e. The number of imide groups is 1. The maximum atomic E-state index is 14.9. The summed E-state index contributed by atoms with van der Waals surface area (Å²) in [4.78, 5) is 48.7. The molecule has 1 aliphatic rings. The van der Waals surface area contributed by atoms with E-state index in [4.69, 9.17) is 14.6 Å². The number of carboxylic acid groups (broad SMARTS) is 1. The molecule has 2 amide bonds. The molecule has 0 aromatic rings. The van der Waals surface area contributed by atoms with Crippen LogP contribution in [0, 0.1) is 0 Å². The number of carbonyl (C=O) groups excluding carboxylic acids is 3. The third-order valence-corrected chi connectivity index (χ3v) is 3.43. The van der Waals surface area contributed by atoms with E-state index >= 15 is 0 Å². The number of halogens is 1. The van der Waals surface area contributed by atoms with Crippen molar-refractivity contribution in [1.82, 2.24) is 4.90 Å². The molecule has 0 bridgehead atoms. The third-order valence-electron chi connectivity index (χ3n) is 3.43. The number of hydrogen-bond acceptors (Lipinski definition) is 7. The van der Waals surface area contributed by atoms with Crippen LogP contribution in [0.4, 0.5) is 14.0 Å². The minimum atomic E-state index is -3.21. The largest absolute Gasteiger partial charge is 0.479 e. The molecule has 0 saturated heterocycles. The molecule has 26 heavy (non-hydrogen) atoms. The molecule has 0 aromatic carbocycles. The van der Waals surface area contributed by atoms with Gasteiger partial charge in [0.2, 0.25) is 11.2 Å². The number of carbonyl (C=O) groups is 4. The highest BCUT2D eigenvalue weighted by atomic mass is 19.1. The first-order valence-corrected chi connectivity index (χ1v) is 7.79. The Morgan fingerprint density at radius 1 is 0.962 bits per heavy atom. The first-order valence-electron chi connectivity index (χ1n) is 7.79. The van der Waals surface area contributed by atoms with Crippen molar-refractivity contribution in [2.75, 3.05) is 7.11 Å². The zero-order valence-corrected chi connectivity index (χ0v) is 15.8. The van der Waals surface area contributed by atoms with Crippen molar-refractivity contribution in [2.45, 2.75) is 70.4 Å². The van der Waals surface area contributed by atoms with Crippen LogP contribution < -0.4 is 0 Å². The van der Waals surface area contributed by atoms with Crippen molar-refractivity contribution < 1.29 is 42.9 Å². The maximum absolute atomic E-state index is 14.9. The average Bonchev–Trinajstić information content (AvgIpc) is 3.02. The van der Waals surface area contributed by atoms with Crippen LogP contribution in [0.15, 0.2) is 0 Å². The topological polar surface area (TPSA) is 119 Å². The summed E-state index contributed by atoms with van der Waals surface area (Å²) < 4.78 is 29.4. The number of rotatable bonds is 3. The number of esters is 1. The van der Waals surface area contributed by atoms with Crippen LogP contribution in [-0.2, 0) is 23.8 Å². The Morgan fingerprint density at radius 2 is 1.35 bits per heavy atom. The fourth-order valence-corrected chi connectivity index (χ4v) is 2.31. The second kappa shape index (κ2) is 6.40. The van der Waals surface area contributed by atoms with Crippen LogP contribution in [0.25, 0.3) is 0 Å². The van der Waals surface area contributed by atoms with Crippen LogP contribution in [0.5, 0.6) is 0 Å².